The van der Waals surface area contributed by atoms with Crippen LogP contribution in [0, 0.1) is 6.92 Å². The van der Waals surface area contributed by atoms with Gasteiger partial charge in [-0.1, -0.05) is 6.92 Å². The van der Waals surface area contributed by atoms with Gasteiger partial charge in [-0.15, -0.1) is 10.2 Å². The van der Waals surface area contributed by atoms with E-state index in [1.165, 1.54) is 0 Å². The van der Waals surface area contributed by atoms with E-state index in [1.807, 2.05) is 24.8 Å². The van der Waals surface area contributed by atoms with E-state index in [0.29, 0.717) is 25.3 Å². The molecule has 0 saturated carbocycles. The summed E-state index contributed by atoms with van der Waals surface area (Å²) in [6.07, 6.45) is 0.864. The molecule has 3 heterocycles. The summed E-state index contributed by atoms with van der Waals surface area (Å²) in [5.41, 5.74) is 1.52. The first-order valence-corrected chi connectivity index (χ1v) is 7.38. The van der Waals surface area contributed by atoms with Crippen LogP contribution in [0.25, 0.3) is 0 Å². The fraction of sp³-hybridized carbons (Fsp3) is 0.571. The third-order valence-corrected chi connectivity index (χ3v) is 3.85. The van der Waals surface area contributed by atoms with E-state index in [2.05, 4.69) is 26.8 Å². The quantitative estimate of drug-likeness (QED) is 0.845. The van der Waals surface area contributed by atoms with Crippen LogP contribution in [0.15, 0.2) is 6.07 Å². The second-order valence-corrected chi connectivity index (χ2v) is 5.25. The first-order chi connectivity index (χ1) is 10.1. The van der Waals surface area contributed by atoms with Crippen molar-refractivity contribution in [2.45, 2.75) is 46.8 Å². The summed E-state index contributed by atoms with van der Waals surface area (Å²) in [6.45, 7) is 8.62. The van der Waals surface area contributed by atoms with Crippen LogP contribution in [-0.4, -0.2) is 41.9 Å². The number of aryl methyl sites for hydroxylation is 3. The Labute approximate surface area is 123 Å². The molecule has 0 radical (unpaired) electrons. The number of hydrogen-bond donors (Lipinski definition) is 0. The summed E-state index contributed by atoms with van der Waals surface area (Å²) in [5.74, 6) is 1.88. The Bertz CT molecular complexity index is 671. The van der Waals surface area contributed by atoms with E-state index in [4.69, 9.17) is 0 Å². The highest BCUT2D eigenvalue weighted by Gasteiger charge is 2.26. The maximum absolute atomic E-state index is 12.7. The molecular formula is C14H20N6O. The minimum absolute atomic E-state index is 0.0183. The summed E-state index contributed by atoms with van der Waals surface area (Å²) in [5, 5.41) is 12.7. The van der Waals surface area contributed by atoms with Crippen LogP contribution < -0.4 is 0 Å². The van der Waals surface area contributed by atoms with Crippen LogP contribution in [-0.2, 0) is 26.1 Å². The molecule has 0 atom stereocenters. The smallest absolute Gasteiger partial charge is 0.272 e. The van der Waals surface area contributed by atoms with E-state index >= 15 is 0 Å². The molecule has 0 spiro atoms. The fourth-order valence-electron chi connectivity index (χ4n) is 2.77. The Morgan fingerprint density at radius 1 is 1.29 bits per heavy atom. The third-order valence-electron chi connectivity index (χ3n) is 3.85. The lowest BCUT2D eigenvalue weighted by Gasteiger charge is -2.27. The first-order valence-electron chi connectivity index (χ1n) is 7.38. The van der Waals surface area contributed by atoms with Crippen LogP contribution in [0.1, 0.15) is 41.7 Å². The lowest BCUT2D eigenvalue weighted by atomic mass is 10.2. The molecule has 2 aromatic rings. The van der Waals surface area contributed by atoms with Crippen molar-refractivity contribution in [3.8, 4) is 0 Å². The Morgan fingerprint density at radius 3 is 2.81 bits per heavy atom. The van der Waals surface area contributed by atoms with Crippen molar-refractivity contribution in [3.63, 3.8) is 0 Å². The molecule has 0 fully saturated rings. The minimum Gasteiger partial charge on any atom is -0.328 e. The largest absolute Gasteiger partial charge is 0.328 e. The number of carbonyl (C=O) groups excluding carboxylic acids is 1. The summed E-state index contributed by atoms with van der Waals surface area (Å²) >= 11 is 0. The Morgan fingerprint density at radius 2 is 2.10 bits per heavy atom. The molecule has 3 rings (SSSR count). The van der Waals surface area contributed by atoms with Gasteiger partial charge in [-0.05, 0) is 19.9 Å². The number of fused-ring (bicyclic) bond motifs is 1. The van der Waals surface area contributed by atoms with Crippen molar-refractivity contribution in [3.05, 3.63) is 29.1 Å². The summed E-state index contributed by atoms with van der Waals surface area (Å²) in [6, 6.07) is 1.85. The van der Waals surface area contributed by atoms with Gasteiger partial charge in [-0.25, -0.2) is 0 Å². The highest BCUT2D eigenvalue weighted by Crippen LogP contribution is 2.16. The van der Waals surface area contributed by atoms with Crippen LogP contribution >= 0.6 is 0 Å². The number of nitrogens with zero attached hydrogens (tertiary/aromatic N) is 6. The molecule has 2 aromatic heterocycles. The summed E-state index contributed by atoms with van der Waals surface area (Å²) < 4.78 is 3.88. The molecule has 0 aromatic carbocycles. The van der Waals surface area contributed by atoms with Gasteiger partial charge in [0.2, 0.25) is 0 Å². The fourth-order valence-corrected chi connectivity index (χ4v) is 2.77. The van der Waals surface area contributed by atoms with Crippen molar-refractivity contribution in [2.75, 3.05) is 6.54 Å². The van der Waals surface area contributed by atoms with E-state index < -0.39 is 0 Å². The highest BCUT2D eigenvalue weighted by molar-refractivity contribution is 5.92. The maximum atomic E-state index is 12.7. The van der Waals surface area contributed by atoms with Crippen molar-refractivity contribution < 1.29 is 4.79 Å². The molecule has 0 aliphatic carbocycles. The molecule has 0 N–H and O–H groups in total. The number of carbonyl (C=O) groups is 1. The van der Waals surface area contributed by atoms with Gasteiger partial charge in [0.05, 0.1) is 12.2 Å². The summed E-state index contributed by atoms with van der Waals surface area (Å²) in [7, 11) is 0. The zero-order chi connectivity index (χ0) is 15.0. The Kier molecular flexibility index (Phi) is 3.48. The van der Waals surface area contributed by atoms with Crippen LogP contribution in [0.2, 0.25) is 0 Å². The first kappa shape index (κ1) is 13.8. The molecular weight excluding hydrogens is 268 g/mol. The minimum atomic E-state index is 0.0183. The molecule has 1 aliphatic rings. The van der Waals surface area contributed by atoms with E-state index in [1.54, 1.807) is 4.68 Å². The predicted molar refractivity (Wildman–Crippen MR) is 76.8 cm³/mol. The Balaban J connectivity index is 1.84. The van der Waals surface area contributed by atoms with E-state index in [0.717, 1.165) is 30.3 Å². The van der Waals surface area contributed by atoms with Crippen molar-refractivity contribution in [1.29, 1.82) is 0 Å². The topological polar surface area (TPSA) is 68.8 Å². The number of hydrogen-bond acceptors (Lipinski definition) is 4. The third kappa shape index (κ3) is 2.32. The zero-order valence-corrected chi connectivity index (χ0v) is 12.7. The molecule has 0 bridgehead atoms. The van der Waals surface area contributed by atoms with Gasteiger partial charge < -0.3 is 9.47 Å². The average Bonchev–Trinajstić information content (AvgIpc) is 3.08. The van der Waals surface area contributed by atoms with Gasteiger partial charge in [-0.2, -0.15) is 5.10 Å². The van der Waals surface area contributed by atoms with Crippen LogP contribution in [0.5, 0.6) is 0 Å². The monoisotopic (exact) mass is 288 g/mol. The molecule has 21 heavy (non-hydrogen) atoms. The Hall–Kier alpha value is -2.18. The molecule has 0 unspecified atom stereocenters. The number of rotatable bonds is 3. The normalized spacial score (nSPS) is 14.3. The molecule has 0 saturated heterocycles. The van der Waals surface area contributed by atoms with Gasteiger partial charge in [0.25, 0.3) is 5.91 Å². The van der Waals surface area contributed by atoms with Crippen LogP contribution in [0.3, 0.4) is 0 Å². The molecule has 7 heteroatoms. The van der Waals surface area contributed by atoms with Crippen molar-refractivity contribution in [1.82, 2.24) is 29.4 Å². The summed E-state index contributed by atoms with van der Waals surface area (Å²) in [4.78, 5) is 14.5. The van der Waals surface area contributed by atoms with Crippen molar-refractivity contribution in [2.24, 2.45) is 0 Å². The van der Waals surface area contributed by atoms with Gasteiger partial charge >= 0.3 is 0 Å². The highest BCUT2D eigenvalue weighted by atomic mass is 16.2. The van der Waals surface area contributed by atoms with Crippen molar-refractivity contribution >= 4 is 5.91 Å². The van der Waals surface area contributed by atoms with Gasteiger partial charge in [-0.3, -0.25) is 9.48 Å². The zero-order valence-electron chi connectivity index (χ0n) is 12.7. The standard InChI is InChI=1S/C14H20N6O/c1-4-12-15-16-13-9-18(6-7-19(12)13)14(21)11-8-10(3)17-20(11)5-2/h8H,4-7,9H2,1-3H3. The van der Waals surface area contributed by atoms with Crippen LogP contribution in [0.4, 0.5) is 0 Å². The van der Waals surface area contributed by atoms with E-state index in [-0.39, 0.29) is 5.91 Å². The SMILES string of the molecule is CCc1nnc2n1CCN(C(=O)c1cc(C)nn1CC)C2. The lowest BCUT2D eigenvalue weighted by Crippen LogP contribution is -2.39. The van der Waals surface area contributed by atoms with Gasteiger partial charge in [0.1, 0.15) is 11.5 Å². The number of aromatic nitrogens is 5. The number of amides is 1. The second-order valence-electron chi connectivity index (χ2n) is 5.25. The molecule has 1 aliphatic heterocycles. The lowest BCUT2D eigenvalue weighted by molar-refractivity contribution is 0.0694. The second kappa shape index (κ2) is 5.31. The van der Waals surface area contributed by atoms with Gasteiger partial charge in [0.15, 0.2) is 5.82 Å². The molecule has 112 valence electrons. The van der Waals surface area contributed by atoms with E-state index in [9.17, 15) is 4.79 Å². The molecule has 1 amide bonds. The maximum Gasteiger partial charge on any atom is 0.272 e. The average molecular weight is 288 g/mol. The van der Waals surface area contributed by atoms with Gasteiger partial charge in [0, 0.05) is 26.1 Å². The predicted octanol–water partition coefficient (Wildman–Crippen LogP) is 1.02. The molecule has 7 nitrogen and oxygen atoms in total.